The Bertz CT molecular complexity index is 965. The van der Waals surface area contributed by atoms with E-state index in [1.807, 2.05) is 13.8 Å². The maximum Gasteiger partial charge on any atom is 0.338 e. The zero-order valence-electron chi connectivity index (χ0n) is 15.4. The van der Waals surface area contributed by atoms with Crippen molar-refractivity contribution in [3.8, 4) is 0 Å². The Labute approximate surface area is 160 Å². The van der Waals surface area contributed by atoms with E-state index in [1.165, 1.54) is 42.5 Å². The van der Waals surface area contributed by atoms with Gasteiger partial charge in [0.1, 0.15) is 5.56 Å². The number of carbonyl (C=O) groups is 3. The summed E-state index contributed by atoms with van der Waals surface area (Å²) < 4.78 is 5.18. The second-order valence-corrected chi connectivity index (χ2v) is 6.77. The Morgan fingerprint density at radius 2 is 1.79 bits per heavy atom. The van der Waals surface area contributed by atoms with Crippen molar-refractivity contribution in [1.82, 2.24) is 0 Å². The molecule has 2 aromatic rings. The van der Waals surface area contributed by atoms with Crippen LogP contribution in [-0.2, 0) is 4.74 Å². The lowest BCUT2D eigenvalue weighted by molar-refractivity contribution is -0.385. The number of hydrogen-bond donors (Lipinski definition) is 0. The first-order chi connectivity index (χ1) is 13.3. The van der Waals surface area contributed by atoms with Gasteiger partial charge >= 0.3 is 5.97 Å². The van der Waals surface area contributed by atoms with Crippen LogP contribution in [0.4, 0.5) is 11.4 Å². The summed E-state index contributed by atoms with van der Waals surface area (Å²) in [6, 6.07) is 9.70. The number of nitro groups is 1. The molecule has 8 nitrogen and oxygen atoms in total. The van der Waals surface area contributed by atoms with E-state index in [0.717, 1.165) is 11.3 Å². The highest BCUT2D eigenvalue weighted by atomic mass is 16.6. The monoisotopic (exact) mass is 382 g/mol. The molecule has 0 fully saturated rings. The van der Waals surface area contributed by atoms with Crippen LogP contribution in [0.5, 0.6) is 0 Å². The molecule has 0 atom stereocenters. The molecule has 0 N–H and O–H groups in total. The van der Waals surface area contributed by atoms with Crippen LogP contribution in [0.25, 0.3) is 0 Å². The van der Waals surface area contributed by atoms with Crippen LogP contribution in [0.2, 0.25) is 0 Å². The van der Waals surface area contributed by atoms with Crippen LogP contribution in [0, 0.1) is 16.0 Å². The number of hydrogen-bond acceptors (Lipinski definition) is 6. The number of imide groups is 1. The van der Waals surface area contributed by atoms with Gasteiger partial charge in [-0.3, -0.25) is 19.7 Å². The van der Waals surface area contributed by atoms with Crippen molar-refractivity contribution in [3.05, 3.63) is 69.3 Å². The number of nitro benzene ring substituents is 1. The SMILES string of the molecule is CC(C)CCOC(=O)c1ccc(N2C(=O)c3cccc([N+](=O)[O-])c3C2=O)cc1. The lowest BCUT2D eigenvalue weighted by Crippen LogP contribution is -2.29. The molecule has 0 aromatic heterocycles. The van der Waals surface area contributed by atoms with E-state index < -0.39 is 28.4 Å². The van der Waals surface area contributed by atoms with Crippen LogP contribution in [-0.4, -0.2) is 29.3 Å². The van der Waals surface area contributed by atoms with Crippen molar-refractivity contribution in [3.63, 3.8) is 0 Å². The van der Waals surface area contributed by atoms with Gasteiger partial charge in [-0.15, -0.1) is 0 Å². The van der Waals surface area contributed by atoms with E-state index in [0.29, 0.717) is 12.5 Å². The number of nitrogens with zero attached hydrogens (tertiary/aromatic N) is 2. The zero-order valence-corrected chi connectivity index (χ0v) is 15.4. The Morgan fingerprint density at radius 3 is 2.39 bits per heavy atom. The van der Waals surface area contributed by atoms with Gasteiger partial charge < -0.3 is 4.74 Å². The number of anilines is 1. The number of benzene rings is 2. The second kappa shape index (κ2) is 7.59. The Balaban J connectivity index is 1.82. The second-order valence-electron chi connectivity index (χ2n) is 6.77. The highest BCUT2D eigenvalue weighted by Gasteiger charge is 2.41. The molecule has 2 amide bonds. The van der Waals surface area contributed by atoms with E-state index in [9.17, 15) is 24.5 Å². The normalized spacial score (nSPS) is 13.0. The topological polar surface area (TPSA) is 107 Å². The number of rotatable bonds is 6. The fourth-order valence-corrected chi connectivity index (χ4v) is 2.87. The summed E-state index contributed by atoms with van der Waals surface area (Å²) in [6.45, 7) is 4.35. The molecule has 2 aromatic carbocycles. The maximum atomic E-state index is 12.7. The highest BCUT2D eigenvalue weighted by Crippen LogP contribution is 2.33. The van der Waals surface area contributed by atoms with E-state index >= 15 is 0 Å². The third-order valence-corrected chi connectivity index (χ3v) is 4.38. The molecule has 0 radical (unpaired) electrons. The summed E-state index contributed by atoms with van der Waals surface area (Å²) in [4.78, 5) is 48.7. The van der Waals surface area contributed by atoms with Crippen LogP contribution in [0.1, 0.15) is 51.3 Å². The van der Waals surface area contributed by atoms with Gasteiger partial charge in [0.05, 0.1) is 28.3 Å². The van der Waals surface area contributed by atoms with Crippen molar-refractivity contribution in [2.75, 3.05) is 11.5 Å². The molecular formula is C20H18N2O6. The number of fused-ring (bicyclic) bond motifs is 1. The molecular weight excluding hydrogens is 364 g/mol. The van der Waals surface area contributed by atoms with Gasteiger partial charge in [-0.05, 0) is 42.7 Å². The first-order valence-corrected chi connectivity index (χ1v) is 8.74. The molecule has 1 heterocycles. The molecule has 0 spiro atoms. The summed E-state index contributed by atoms with van der Waals surface area (Å²) in [5.74, 6) is -1.49. The minimum absolute atomic E-state index is 0.0172. The average Bonchev–Trinajstić information content (AvgIpc) is 2.92. The van der Waals surface area contributed by atoms with E-state index in [-0.39, 0.29) is 22.4 Å². The molecule has 8 heteroatoms. The van der Waals surface area contributed by atoms with Crippen molar-refractivity contribution in [2.45, 2.75) is 20.3 Å². The zero-order chi connectivity index (χ0) is 20.4. The predicted octanol–water partition coefficient (Wildman–Crippen LogP) is 3.60. The third kappa shape index (κ3) is 3.48. The first kappa shape index (κ1) is 19.2. The van der Waals surface area contributed by atoms with Crippen molar-refractivity contribution in [2.24, 2.45) is 5.92 Å². The van der Waals surface area contributed by atoms with E-state index in [2.05, 4.69) is 0 Å². The summed E-state index contributed by atoms with van der Waals surface area (Å²) in [6.07, 6.45) is 0.748. The third-order valence-electron chi connectivity index (χ3n) is 4.38. The van der Waals surface area contributed by atoms with Gasteiger partial charge in [0.2, 0.25) is 0 Å². The summed E-state index contributed by atoms with van der Waals surface area (Å²) in [7, 11) is 0. The van der Waals surface area contributed by atoms with Crippen LogP contribution < -0.4 is 4.90 Å². The lowest BCUT2D eigenvalue weighted by Gasteiger charge is -2.14. The molecule has 0 saturated carbocycles. The minimum atomic E-state index is -0.764. The van der Waals surface area contributed by atoms with E-state index in [4.69, 9.17) is 4.74 Å². The Kier molecular flexibility index (Phi) is 5.21. The molecule has 28 heavy (non-hydrogen) atoms. The molecule has 144 valence electrons. The van der Waals surface area contributed by atoms with Gasteiger partial charge in [-0.25, -0.2) is 9.69 Å². The van der Waals surface area contributed by atoms with Crippen molar-refractivity contribution >= 4 is 29.2 Å². The van der Waals surface area contributed by atoms with Crippen LogP contribution >= 0.6 is 0 Å². The molecule has 1 aliphatic rings. The van der Waals surface area contributed by atoms with Gasteiger partial charge in [0, 0.05) is 6.07 Å². The average molecular weight is 382 g/mol. The fraction of sp³-hybridized carbons (Fsp3) is 0.250. The summed E-state index contributed by atoms with van der Waals surface area (Å²) >= 11 is 0. The fourth-order valence-electron chi connectivity index (χ4n) is 2.87. The lowest BCUT2D eigenvalue weighted by atomic mass is 10.1. The number of carbonyl (C=O) groups excluding carboxylic acids is 3. The Hall–Kier alpha value is -3.55. The summed E-state index contributed by atoms with van der Waals surface area (Å²) in [5.41, 5.74) is -0.149. The largest absolute Gasteiger partial charge is 0.462 e. The minimum Gasteiger partial charge on any atom is -0.462 e. The standard InChI is InChI=1S/C20H18N2O6/c1-12(2)10-11-28-20(25)13-6-8-14(9-7-13)21-18(23)15-4-3-5-16(22(26)27)17(15)19(21)24/h3-9,12H,10-11H2,1-2H3. The molecule has 1 aliphatic heterocycles. The number of ether oxygens (including phenoxy) is 1. The molecule has 0 unspecified atom stereocenters. The van der Waals surface area contributed by atoms with Crippen LogP contribution in [0.3, 0.4) is 0 Å². The van der Waals surface area contributed by atoms with E-state index in [1.54, 1.807) is 0 Å². The summed E-state index contributed by atoms with van der Waals surface area (Å²) in [5, 5.41) is 11.2. The molecule has 3 rings (SSSR count). The number of esters is 1. The molecule has 0 saturated heterocycles. The molecule has 0 aliphatic carbocycles. The molecule has 0 bridgehead atoms. The Morgan fingerprint density at radius 1 is 1.11 bits per heavy atom. The van der Waals surface area contributed by atoms with Gasteiger partial charge in [0.15, 0.2) is 0 Å². The maximum absolute atomic E-state index is 12.7. The quantitative estimate of drug-likeness (QED) is 0.327. The van der Waals surface area contributed by atoms with Gasteiger partial charge in [-0.1, -0.05) is 19.9 Å². The van der Waals surface area contributed by atoms with Crippen molar-refractivity contribution < 1.29 is 24.0 Å². The number of amides is 2. The van der Waals surface area contributed by atoms with Gasteiger partial charge in [-0.2, -0.15) is 0 Å². The highest BCUT2D eigenvalue weighted by molar-refractivity contribution is 6.35. The smallest absolute Gasteiger partial charge is 0.338 e. The van der Waals surface area contributed by atoms with Gasteiger partial charge in [0.25, 0.3) is 17.5 Å². The van der Waals surface area contributed by atoms with Crippen LogP contribution in [0.15, 0.2) is 42.5 Å². The predicted molar refractivity (Wildman–Crippen MR) is 100 cm³/mol. The van der Waals surface area contributed by atoms with Crippen molar-refractivity contribution in [1.29, 1.82) is 0 Å². The first-order valence-electron chi connectivity index (χ1n) is 8.74.